The summed E-state index contributed by atoms with van der Waals surface area (Å²) < 4.78 is 6.68. The predicted octanol–water partition coefficient (Wildman–Crippen LogP) is 2.06. The molecule has 0 aliphatic rings. The van der Waals surface area contributed by atoms with Crippen molar-refractivity contribution in [2.45, 2.75) is 27.2 Å². The first-order valence-corrected chi connectivity index (χ1v) is 8.41. The fraction of sp³-hybridized carbons (Fsp3) is 0.444. The van der Waals surface area contributed by atoms with Crippen LogP contribution in [0.15, 0.2) is 24.3 Å². The lowest BCUT2D eigenvalue weighted by atomic mass is 9.97. The standard InChI is InChI=1S/C18H24N4O4/c1-11(2)9-13(18(24)25)10-19-17(23)16-12(3)22(21-20-16)14-5-7-15(26-4)8-6-14/h5-8,11,13H,9-10H2,1-4H3,(H,19,23)(H,24,25). The van der Waals surface area contributed by atoms with Gasteiger partial charge in [0.25, 0.3) is 5.91 Å². The number of rotatable bonds is 8. The van der Waals surface area contributed by atoms with Crippen molar-refractivity contribution in [1.82, 2.24) is 20.3 Å². The molecule has 8 nitrogen and oxygen atoms in total. The molecule has 1 heterocycles. The van der Waals surface area contributed by atoms with Crippen LogP contribution < -0.4 is 10.1 Å². The number of carboxylic acid groups (broad SMARTS) is 1. The molecule has 0 spiro atoms. The predicted molar refractivity (Wildman–Crippen MR) is 95.6 cm³/mol. The number of ether oxygens (including phenoxy) is 1. The molecule has 0 bridgehead atoms. The third-order valence-electron chi connectivity index (χ3n) is 4.04. The molecule has 26 heavy (non-hydrogen) atoms. The van der Waals surface area contributed by atoms with Crippen molar-refractivity contribution in [3.8, 4) is 11.4 Å². The SMILES string of the molecule is COc1ccc(-n2nnc(C(=O)NCC(CC(C)C)C(=O)O)c2C)cc1. The Morgan fingerprint density at radius 3 is 2.46 bits per heavy atom. The molecular formula is C18H24N4O4. The number of nitrogens with one attached hydrogen (secondary N) is 1. The van der Waals surface area contributed by atoms with E-state index in [9.17, 15) is 14.7 Å². The van der Waals surface area contributed by atoms with E-state index in [-0.39, 0.29) is 18.2 Å². The molecule has 2 aromatic rings. The smallest absolute Gasteiger partial charge is 0.308 e. The number of methoxy groups -OCH3 is 1. The van der Waals surface area contributed by atoms with Crippen LogP contribution in [0.5, 0.6) is 5.75 Å². The molecule has 1 aromatic carbocycles. The Hall–Kier alpha value is -2.90. The molecule has 2 rings (SSSR count). The fourth-order valence-corrected chi connectivity index (χ4v) is 2.65. The molecule has 0 aliphatic heterocycles. The number of hydrogen-bond acceptors (Lipinski definition) is 5. The van der Waals surface area contributed by atoms with Gasteiger partial charge in [0.1, 0.15) is 5.75 Å². The minimum absolute atomic E-state index is 0.0567. The van der Waals surface area contributed by atoms with Crippen LogP contribution >= 0.6 is 0 Å². The largest absolute Gasteiger partial charge is 0.497 e. The summed E-state index contributed by atoms with van der Waals surface area (Å²) in [5.41, 5.74) is 1.50. The van der Waals surface area contributed by atoms with Crippen molar-refractivity contribution in [3.63, 3.8) is 0 Å². The second-order valence-corrected chi connectivity index (χ2v) is 6.51. The lowest BCUT2D eigenvalue weighted by Gasteiger charge is -2.15. The van der Waals surface area contributed by atoms with E-state index in [4.69, 9.17) is 4.74 Å². The molecule has 1 amide bonds. The maximum atomic E-state index is 12.4. The molecule has 8 heteroatoms. The van der Waals surface area contributed by atoms with Crippen LogP contribution in [0.1, 0.15) is 36.5 Å². The van der Waals surface area contributed by atoms with Crippen LogP contribution in [0.4, 0.5) is 0 Å². The van der Waals surface area contributed by atoms with Gasteiger partial charge in [-0.1, -0.05) is 19.1 Å². The molecule has 0 saturated heterocycles. The Kier molecular flexibility index (Phi) is 6.32. The van der Waals surface area contributed by atoms with Gasteiger partial charge in [-0.2, -0.15) is 0 Å². The Balaban J connectivity index is 2.10. The number of carbonyl (C=O) groups excluding carboxylic acids is 1. The topological polar surface area (TPSA) is 106 Å². The zero-order valence-electron chi connectivity index (χ0n) is 15.4. The first kappa shape index (κ1) is 19.4. The number of aromatic nitrogens is 3. The van der Waals surface area contributed by atoms with E-state index in [2.05, 4.69) is 15.6 Å². The highest BCUT2D eigenvalue weighted by Crippen LogP contribution is 2.17. The van der Waals surface area contributed by atoms with Crippen LogP contribution in [0.2, 0.25) is 0 Å². The van der Waals surface area contributed by atoms with Gasteiger partial charge in [-0.15, -0.1) is 5.10 Å². The number of carbonyl (C=O) groups is 2. The first-order chi connectivity index (χ1) is 12.3. The molecule has 2 N–H and O–H groups in total. The highest BCUT2D eigenvalue weighted by molar-refractivity contribution is 5.93. The summed E-state index contributed by atoms with van der Waals surface area (Å²) in [6.07, 6.45) is 0.493. The molecule has 1 unspecified atom stereocenters. The normalized spacial score (nSPS) is 12.0. The summed E-state index contributed by atoms with van der Waals surface area (Å²) >= 11 is 0. The van der Waals surface area contributed by atoms with Gasteiger partial charge in [0, 0.05) is 6.54 Å². The summed E-state index contributed by atoms with van der Waals surface area (Å²) in [5, 5.41) is 19.9. The number of aliphatic carboxylic acids is 1. The molecule has 1 atom stereocenters. The number of nitrogens with zero attached hydrogens (tertiary/aromatic N) is 3. The Labute approximate surface area is 152 Å². The summed E-state index contributed by atoms with van der Waals surface area (Å²) in [4.78, 5) is 23.7. The number of hydrogen-bond donors (Lipinski definition) is 2. The molecule has 0 fully saturated rings. The van der Waals surface area contributed by atoms with Gasteiger partial charge in [0.15, 0.2) is 5.69 Å². The van der Waals surface area contributed by atoms with E-state index in [0.717, 1.165) is 5.69 Å². The van der Waals surface area contributed by atoms with Crippen LogP contribution in [-0.4, -0.2) is 45.6 Å². The molecule has 0 radical (unpaired) electrons. The van der Waals surface area contributed by atoms with Crippen molar-refractivity contribution in [2.75, 3.05) is 13.7 Å². The lowest BCUT2D eigenvalue weighted by molar-refractivity contribution is -0.142. The Morgan fingerprint density at radius 2 is 1.92 bits per heavy atom. The van der Waals surface area contributed by atoms with E-state index in [1.807, 2.05) is 26.0 Å². The van der Waals surface area contributed by atoms with Gasteiger partial charge in [-0.25, -0.2) is 4.68 Å². The summed E-state index contributed by atoms with van der Waals surface area (Å²) in [7, 11) is 1.59. The van der Waals surface area contributed by atoms with Gasteiger partial charge < -0.3 is 15.2 Å². The average Bonchev–Trinajstić information content (AvgIpc) is 2.99. The summed E-state index contributed by atoms with van der Waals surface area (Å²) in [6.45, 7) is 5.69. The maximum absolute atomic E-state index is 12.4. The van der Waals surface area contributed by atoms with Crippen LogP contribution in [0.3, 0.4) is 0 Å². The van der Waals surface area contributed by atoms with E-state index in [1.54, 1.807) is 30.8 Å². The van der Waals surface area contributed by atoms with Gasteiger partial charge >= 0.3 is 5.97 Å². The quantitative estimate of drug-likeness (QED) is 0.746. The van der Waals surface area contributed by atoms with Gasteiger partial charge in [0.2, 0.25) is 0 Å². The third kappa shape index (κ3) is 4.59. The summed E-state index contributed by atoms with van der Waals surface area (Å²) in [6, 6.07) is 7.20. The van der Waals surface area contributed by atoms with Crippen molar-refractivity contribution in [1.29, 1.82) is 0 Å². The second kappa shape index (κ2) is 8.46. The molecule has 0 saturated carbocycles. The van der Waals surface area contributed by atoms with Crippen molar-refractivity contribution in [2.24, 2.45) is 11.8 Å². The minimum Gasteiger partial charge on any atom is -0.497 e. The molecule has 140 valence electrons. The van der Waals surface area contributed by atoms with Crippen LogP contribution in [-0.2, 0) is 4.79 Å². The minimum atomic E-state index is -0.919. The highest BCUT2D eigenvalue weighted by Gasteiger charge is 2.22. The van der Waals surface area contributed by atoms with E-state index in [1.165, 1.54) is 0 Å². The Bertz CT molecular complexity index is 768. The molecule has 0 aliphatic carbocycles. The number of amides is 1. The van der Waals surface area contributed by atoms with Crippen LogP contribution in [0, 0.1) is 18.8 Å². The maximum Gasteiger partial charge on any atom is 0.308 e. The van der Waals surface area contributed by atoms with E-state index >= 15 is 0 Å². The fourth-order valence-electron chi connectivity index (χ4n) is 2.65. The third-order valence-corrected chi connectivity index (χ3v) is 4.04. The van der Waals surface area contributed by atoms with Gasteiger partial charge in [-0.05, 0) is 43.5 Å². The average molecular weight is 360 g/mol. The van der Waals surface area contributed by atoms with Gasteiger partial charge in [-0.3, -0.25) is 9.59 Å². The second-order valence-electron chi connectivity index (χ2n) is 6.51. The van der Waals surface area contributed by atoms with Crippen molar-refractivity contribution >= 4 is 11.9 Å². The van der Waals surface area contributed by atoms with E-state index in [0.29, 0.717) is 17.9 Å². The Morgan fingerprint density at radius 1 is 1.27 bits per heavy atom. The number of benzene rings is 1. The molecule has 1 aromatic heterocycles. The first-order valence-electron chi connectivity index (χ1n) is 8.41. The monoisotopic (exact) mass is 360 g/mol. The van der Waals surface area contributed by atoms with Crippen molar-refractivity contribution in [3.05, 3.63) is 35.7 Å². The zero-order valence-corrected chi connectivity index (χ0v) is 15.4. The van der Waals surface area contributed by atoms with Gasteiger partial charge in [0.05, 0.1) is 24.4 Å². The lowest BCUT2D eigenvalue weighted by Crippen LogP contribution is -2.34. The van der Waals surface area contributed by atoms with Crippen LogP contribution in [0.25, 0.3) is 5.69 Å². The highest BCUT2D eigenvalue weighted by atomic mass is 16.5. The number of carboxylic acids is 1. The molecular weight excluding hydrogens is 336 g/mol. The van der Waals surface area contributed by atoms with Crippen molar-refractivity contribution < 1.29 is 19.4 Å². The summed E-state index contributed by atoms with van der Waals surface area (Å²) in [5.74, 6) is -1.04. The zero-order chi connectivity index (χ0) is 19.3. The van der Waals surface area contributed by atoms with E-state index < -0.39 is 17.8 Å².